The molecule has 4 aliphatic heterocycles. The molecule has 0 radical (unpaired) electrons. The molecule has 4 fully saturated rings. The molecule has 8 amide bonds. The largest absolute Gasteiger partial charge is 0.480 e. The molecule has 0 aromatic carbocycles. The molecular weight excluding hydrogens is 1850 g/mol. The Hall–Kier alpha value is -11.2. The Morgan fingerprint density at radius 1 is 0.173 bits per heavy atom. The molecule has 0 bridgehead atoms. The van der Waals surface area contributed by atoms with Gasteiger partial charge < -0.3 is 102 Å². The quantitative estimate of drug-likeness (QED) is 0.0199. The molecule has 56 nitrogen and oxygen atoms in total. The van der Waals surface area contributed by atoms with Crippen molar-refractivity contribution in [3.05, 3.63) is 0 Å². The van der Waals surface area contributed by atoms with Crippen molar-refractivity contribution in [2.45, 2.75) is 0 Å². The summed E-state index contributed by atoms with van der Waals surface area (Å²) in [5.41, 5.74) is -1.82. The molecule has 14 N–H and O–H groups in total. The van der Waals surface area contributed by atoms with Gasteiger partial charge in [0, 0.05) is 241 Å². The van der Waals surface area contributed by atoms with Gasteiger partial charge in [0.2, 0.25) is 47.3 Å². The molecule has 0 aromatic heterocycles. The summed E-state index contributed by atoms with van der Waals surface area (Å²) in [7, 11) is 7.24. The van der Waals surface area contributed by atoms with Gasteiger partial charge in [0.15, 0.2) is 0 Å². The van der Waals surface area contributed by atoms with Crippen molar-refractivity contribution in [1.29, 1.82) is 0 Å². The fraction of sp³-hybridized carbons (Fsp3) is 0.759. The van der Waals surface area contributed by atoms with Gasteiger partial charge in [-0.1, -0.05) is 0 Å². The summed E-state index contributed by atoms with van der Waals surface area (Å²) >= 11 is 0. The van der Waals surface area contributed by atoms with Crippen molar-refractivity contribution in [3.63, 3.8) is 0 Å². The number of nitrogens with one attached hydrogen (secondary N) is 8. The molecule has 4 saturated heterocycles. The molecule has 788 valence electrons. The summed E-state index contributed by atoms with van der Waals surface area (Å²) in [6, 6.07) is 0. The van der Waals surface area contributed by atoms with E-state index in [-0.39, 0.29) is 262 Å². The monoisotopic (exact) mass is 1990 g/mol. The maximum atomic E-state index is 14.4. The first-order chi connectivity index (χ1) is 66.1. The summed E-state index contributed by atoms with van der Waals surface area (Å²) < 4.78 is 29.6. The van der Waals surface area contributed by atoms with E-state index in [9.17, 15) is 127 Å². The van der Waals surface area contributed by atoms with Crippen LogP contribution in [0.2, 0.25) is 0 Å². The van der Waals surface area contributed by atoms with Crippen LogP contribution in [-0.4, -0.2) is 637 Å². The number of rotatable bonds is 48. The van der Waals surface area contributed by atoms with E-state index < -0.39 is 229 Å². The van der Waals surface area contributed by atoms with E-state index >= 15 is 0 Å². The molecule has 4 heterocycles. The van der Waals surface area contributed by atoms with Crippen LogP contribution in [0.15, 0.2) is 0 Å². The third kappa shape index (κ3) is 55.4. The number of carbonyl (C=O) groups excluding carboxylic acids is 14. The van der Waals surface area contributed by atoms with Gasteiger partial charge in [-0.05, 0) is 0 Å². The molecule has 4 rings (SSSR count). The van der Waals surface area contributed by atoms with Crippen LogP contribution >= 0.6 is 0 Å². The van der Waals surface area contributed by atoms with Crippen LogP contribution in [0.4, 0.5) is 0 Å². The van der Waals surface area contributed by atoms with Gasteiger partial charge >= 0.3 is 71.6 Å². The van der Waals surface area contributed by atoms with Crippen molar-refractivity contribution in [1.82, 2.24) is 121 Å². The molecule has 0 aliphatic carbocycles. The van der Waals surface area contributed by atoms with Crippen LogP contribution in [0.1, 0.15) is 0 Å². The number of methoxy groups -OCH3 is 6. The van der Waals surface area contributed by atoms with Crippen LogP contribution in [0.25, 0.3) is 0 Å². The summed E-state index contributed by atoms with van der Waals surface area (Å²) in [6.45, 7) is -6.75. The van der Waals surface area contributed by atoms with Crippen LogP contribution < -0.4 is 42.5 Å². The standard InChI is InChI=1S/C83H144N24O32/c1-134-77(128)53-102-27-11-92(7-15-96(47-71(116)117)19-21-100(25-31-102)51-75(124)125)43-67(112)84-39-63(108)88-59-83(60-89-64(109)40-85-68(113)44-93-8-16-97(48-72(118)119)20-22-101(52-76(126)127)26-32-103(28-12-93)54-78(129)135-2,61-90-65(110)41-86-69(114)45-94-9-17-98(49-73(120)121)23-33-106(57-81(132)138-5)37-35-104(29-13-94)55-79(130)136-3)62-91-66(111)42-87-70(115)46-95-10-18-99(50-74(122)123)24-34-107(58-82(133)139-6)38-36-105(30-14-95)56-80(131)137-4/h7-62H2,1-6H3,(H,84,112)(H,85,113)(H,86,114)(H,87,115)(H,88,108)(H,89,109)(H,90,110)(H,91,111)(H,116,117)(H,118,119)(H,120,121)(H,122,123)(H,124,125)(H,126,127). The van der Waals surface area contributed by atoms with Crippen LogP contribution in [0, 0.1) is 5.41 Å². The number of carboxylic acids is 6. The van der Waals surface area contributed by atoms with Crippen LogP contribution in [-0.2, 0) is 124 Å². The molecule has 0 saturated carbocycles. The lowest BCUT2D eigenvalue weighted by Gasteiger charge is -2.35. The number of hydrogen-bond donors (Lipinski definition) is 14. The van der Waals surface area contributed by atoms with E-state index in [1.54, 1.807) is 78.4 Å². The first-order valence-corrected chi connectivity index (χ1v) is 45.6. The number of ether oxygens (including phenoxy) is 6. The summed E-state index contributed by atoms with van der Waals surface area (Å²) in [5.74, 6) is -17.0. The Morgan fingerprint density at radius 2 is 0.281 bits per heavy atom. The van der Waals surface area contributed by atoms with E-state index in [1.807, 2.05) is 0 Å². The van der Waals surface area contributed by atoms with Gasteiger partial charge in [-0.2, -0.15) is 0 Å². The summed E-state index contributed by atoms with van der Waals surface area (Å²) in [5, 5.41) is 80.0. The Balaban J connectivity index is 1.77. The molecule has 56 heteroatoms. The zero-order valence-corrected chi connectivity index (χ0v) is 80.6. The van der Waals surface area contributed by atoms with Gasteiger partial charge in [0.05, 0.1) is 174 Å². The third-order valence-corrected chi connectivity index (χ3v) is 23.3. The molecule has 0 atom stereocenters. The van der Waals surface area contributed by atoms with Gasteiger partial charge in [-0.3, -0.25) is 174 Å². The average Bonchev–Trinajstić information content (AvgIpc) is 0.837. The number of aliphatic carboxylic acids is 6. The molecule has 139 heavy (non-hydrogen) atoms. The van der Waals surface area contributed by atoms with Crippen molar-refractivity contribution in [3.8, 4) is 0 Å². The zero-order valence-electron chi connectivity index (χ0n) is 80.6. The first kappa shape index (κ1) is 120. The zero-order chi connectivity index (χ0) is 103. The average molecular weight is 1990 g/mol. The molecular formula is C83H144N24O32. The predicted octanol–water partition coefficient (Wildman–Crippen LogP) is -14.7. The van der Waals surface area contributed by atoms with E-state index in [0.29, 0.717) is 0 Å². The predicted molar refractivity (Wildman–Crippen MR) is 487 cm³/mol. The number of carbonyl (C=O) groups is 20. The molecule has 0 aromatic rings. The van der Waals surface area contributed by atoms with Gasteiger partial charge in [-0.25, -0.2) is 0 Å². The number of hydrogen-bond acceptors (Lipinski definition) is 42. The summed E-state index contributed by atoms with van der Waals surface area (Å²) in [6.07, 6.45) is 0. The van der Waals surface area contributed by atoms with Gasteiger partial charge in [0.1, 0.15) is 0 Å². The highest BCUT2D eigenvalue weighted by Crippen LogP contribution is 2.16. The van der Waals surface area contributed by atoms with Crippen molar-refractivity contribution < 1.29 is 155 Å². The number of nitrogens with zero attached hydrogens (tertiary/aromatic N) is 16. The van der Waals surface area contributed by atoms with Crippen molar-refractivity contribution in [2.75, 3.05) is 409 Å². The highest BCUT2D eigenvalue weighted by Gasteiger charge is 2.36. The van der Waals surface area contributed by atoms with E-state index in [1.165, 1.54) is 42.7 Å². The Labute approximate surface area is 806 Å². The molecule has 0 unspecified atom stereocenters. The summed E-state index contributed by atoms with van der Waals surface area (Å²) in [4.78, 5) is 288. The topological polar surface area (TPSA) is 666 Å². The number of amides is 8. The fourth-order valence-electron chi connectivity index (χ4n) is 15.0. The second-order valence-electron chi connectivity index (χ2n) is 34.0. The van der Waals surface area contributed by atoms with Gasteiger partial charge in [0.25, 0.3) is 0 Å². The highest BCUT2D eigenvalue weighted by atomic mass is 16.5. The van der Waals surface area contributed by atoms with Gasteiger partial charge in [-0.15, -0.1) is 0 Å². The lowest BCUT2D eigenvalue weighted by Crippen LogP contribution is -2.59. The molecule has 4 aliphatic rings. The lowest BCUT2D eigenvalue weighted by molar-refractivity contribution is -0.144. The first-order valence-electron chi connectivity index (χ1n) is 45.6. The second kappa shape index (κ2) is 67.2. The minimum absolute atomic E-state index is 0.0493. The van der Waals surface area contributed by atoms with Crippen molar-refractivity contribution >= 4 is 119 Å². The van der Waals surface area contributed by atoms with Crippen molar-refractivity contribution in [2.24, 2.45) is 5.41 Å². The SMILES string of the molecule is COC(=O)CN1CCN(CC(=O)O)CCN(CC(=O)O)CCN(CC(=O)NCC(=O)NCC(CNC(=O)CNC(=O)CN2CCN(CC(=O)O)CCN(CC(=O)O)CCN(CC(=O)OC)CC2)(CNC(=O)CNC(=O)CN2CCN(CC(=O)O)CCN(CC(=O)OC)CCN(CC(=O)OC)CC2)CNC(=O)CNC(=O)CN2CCN(CC(=O)O)CCN(CC(=O)OC)CCN(CC(=O)OC)CC2)CC1. The lowest BCUT2D eigenvalue weighted by atomic mass is 9.86. The minimum Gasteiger partial charge on any atom is -0.480 e. The smallest absolute Gasteiger partial charge is 0.319 e. The minimum atomic E-state index is -1.82. The molecule has 0 spiro atoms. The maximum Gasteiger partial charge on any atom is 0.319 e. The number of carboxylic acid groups (broad SMARTS) is 6. The Bertz CT molecular complexity index is 3720. The number of esters is 6. The Kier molecular flexibility index (Phi) is 58.0. The van der Waals surface area contributed by atoms with Crippen LogP contribution in [0.3, 0.4) is 0 Å². The van der Waals surface area contributed by atoms with E-state index in [4.69, 9.17) is 28.4 Å². The maximum absolute atomic E-state index is 14.4. The highest BCUT2D eigenvalue weighted by molar-refractivity contribution is 5.89. The van der Waals surface area contributed by atoms with E-state index in [2.05, 4.69) is 42.5 Å². The second-order valence-corrected chi connectivity index (χ2v) is 34.0. The fourth-order valence-corrected chi connectivity index (χ4v) is 15.0. The third-order valence-electron chi connectivity index (χ3n) is 23.3. The van der Waals surface area contributed by atoms with Crippen LogP contribution in [0.5, 0.6) is 0 Å². The normalized spacial score (nSPS) is 18.1. The van der Waals surface area contributed by atoms with E-state index in [0.717, 1.165) is 0 Å². The Morgan fingerprint density at radius 3 is 0.388 bits per heavy atom.